The number of morpholine rings is 1. The van der Waals surface area contributed by atoms with Crippen molar-refractivity contribution >= 4 is 11.6 Å². The van der Waals surface area contributed by atoms with E-state index in [2.05, 4.69) is 57.4 Å². The lowest BCUT2D eigenvalue weighted by Crippen LogP contribution is -2.51. The molecule has 2 aromatic heterocycles. The summed E-state index contributed by atoms with van der Waals surface area (Å²) in [6.07, 6.45) is 3.85. The summed E-state index contributed by atoms with van der Waals surface area (Å²) < 4.78 is 13.8. The van der Waals surface area contributed by atoms with E-state index < -0.39 is 0 Å². The number of hydrogen-bond acceptors (Lipinski definition) is 5. The minimum absolute atomic E-state index is 0.00201. The van der Waals surface area contributed by atoms with E-state index in [0.29, 0.717) is 18.8 Å². The van der Waals surface area contributed by atoms with E-state index >= 15 is 0 Å². The predicted molar refractivity (Wildman–Crippen MR) is 126 cm³/mol. The molecule has 0 radical (unpaired) electrons. The van der Waals surface area contributed by atoms with Gasteiger partial charge in [0.2, 0.25) is 0 Å². The van der Waals surface area contributed by atoms with Crippen LogP contribution in [0.4, 0.5) is 5.69 Å². The standard InChI is InChI=1S/C26H30N4O3/c1-19-17-20(18-28-13-15-32-16-14-28)33-24(19)25(31)29-11-8-26(9-12-29)23-7-4-10-30(23)22-6-3-2-5-21(22)27-26/h2-7,10,17,27H,8-9,11-16,18H2,1H3. The fraction of sp³-hybridized carbons (Fsp3) is 0.423. The zero-order chi connectivity index (χ0) is 22.4. The molecule has 1 spiro atoms. The summed E-state index contributed by atoms with van der Waals surface area (Å²) in [5.41, 5.74) is 4.36. The Hall–Kier alpha value is -3.03. The molecule has 3 aliphatic rings. The quantitative estimate of drug-likeness (QED) is 0.664. The van der Waals surface area contributed by atoms with Crippen LogP contribution in [0.1, 0.15) is 40.4 Å². The van der Waals surface area contributed by atoms with Crippen LogP contribution >= 0.6 is 0 Å². The first-order valence-electron chi connectivity index (χ1n) is 11.9. The first-order valence-corrected chi connectivity index (χ1v) is 11.9. The van der Waals surface area contributed by atoms with Gasteiger partial charge in [0.1, 0.15) is 5.76 Å². The van der Waals surface area contributed by atoms with E-state index in [0.717, 1.165) is 62.7 Å². The number of anilines is 1. The van der Waals surface area contributed by atoms with Crippen LogP contribution in [0.5, 0.6) is 0 Å². The zero-order valence-corrected chi connectivity index (χ0v) is 19.0. The number of piperidine rings is 1. The third kappa shape index (κ3) is 3.56. The Labute approximate surface area is 193 Å². The van der Waals surface area contributed by atoms with Crippen molar-refractivity contribution in [3.8, 4) is 5.69 Å². The van der Waals surface area contributed by atoms with Crippen molar-refractivity contribution in [2.45, 2.75) is 31.8 Å². The number of aromatic nitrogens is 1. The van der Waals surface area contributed by atoms with E-state index in [-0.39, 0.29) is 11.4 Å². The Morgan fingerprint density at radius 2 is 1.85 bits per heavy atom. The summed E-state index contributed by atoms with van der Waals surface area (Å²) in [6.45, 7) is 7.38. The lowest BCUT2D eigenvalue weighted by atomic mass is 9.82. The van der Waals surface area contributed by atoms with Crippen molar-refractivity contribution in [3.05, 3.63) is 71.4 Å². The summed E-state index contributed by atoms with van der Waals surface area (Å²) in [6, 6.07) is 14.8. The molecular formula is C26H30N4O3. The van der Waals surface area contributed by atoms with Crippen molar-refractivity contribution in [3.63, 3.8) is 0 Å². The molecular weight excluding hydrogens is 416 g/mol. The highest BCUT2D eigenvalue weighted by Gasteiger charge is 2.42. The van der Waals surface area contributed by atoms with E-state index in [4.69, 9.17) is 9.15 Å². The Morgan fingerprint density at radius 1 is 1.06 bits per heavy atom. The highest BCUT2D eigenvalue weighted by Crippen LogP contribution is 2.43. The van der Waals surface area contributed by atoms with Crippen molar-refractivity contribution < 1.29 is 13.9 Å². The second-order valence-corrected chi connectivity index (χ2v) is 9.39. The Bertz CT molecular complexity index is 1170. The molecule has 2 fully saturated rings. The summed E-state index contributed by atoms with van der Waals surface area (Å²) >= 11 is 0. The topological polar surface area (TPSA) is 62.9 Å². The zero-order valence-electron chi connectivity index (χ0n) is 19.0. The SMILES string of the molecule is Cc1cc(CN2CCOCC2)oc1C(=O)N1CCC2(CC1)Nc1ccccc1-n1cccc12. The second-order valence-electron chi connectivity index (χ2n) is 9.39. The molecule has 0 unspecified atom stereocenters. The van der Waals surface area contributed by atoms with Gasteiger partial charge in [0, 0.05) is 43.6 Å². The maximum absolute atomic E-state index is 13.4. The van der Waals surface area contributed by atoms with Crippen LogP contribution in [0.25, 0.3) is 5.69 Å². The van der Waals surface area contributed by atoms with Gasteiger partial charge in [-0.1, -0.05) is 12.1 Å². The monoisotopic (exact) mass is 446 g/mol. The smallest absolute Gasteiger partial charge is 0.289 e. The molecule has 0 saturated carbocycles. The third-order valence-corrected chi connectivity index (χ3v) is 7.33. The second kappa shape index (κ2) is 8.08. The molecule has 1 N–H and O–H groups in total. The molecule has 6 rings (SSSR count). The number of benzene rings is 1. The van der Waals surface area contributed by atoms with E-state index in [1.165, 1.54) is 11.4 Å². The van der Waals surface area contributed by atoms with E-state index in [1.807, 2.05) is 17.9 Å². The maximum Gasteiger partial charge on any atom is 0.289 e. The number of carbonyl (C=O) groups is 1. The molecule has 3 aliphatic heterocycles. The number of rotatable bonds is 3. The molecule has 0 atom stereocenters. The van der Waals surface area contributed by atoms with Gasteiger partial charge in [-0.15, -0.1) is 0 Å². The van der Waals surface area contributed by atoms with E-state index in [9.17, 15) is 4.79 Å². The van der Waals surface area contributed by atoms with Crippen molar-refractivity contribution in [1.82, 2.24) is 14.4 Å². The van der Waals surface area contributed by atoms with Crippen molar-refractivity contribution in [2.24, 2.45) is 0 Å². The number of ether oxygens (including phenoxy) is 1. The number of amides is 1. The Morgan fingerprint density at radius 3 is 2.67 bits per heavy atom. The highest BCUT2D eigenvalue weighted by atomic mass is 16.5. The minimum Gasteiger partial charge on any atom is -0.454 e. The maximum atomic E-state index is 13.4. The number of fused-ring (bicyclic) bond motifs is 4. The number of hydrogen-bond donors (Lipinski definition) is 1. The molecule has 172 valence electrons. The molecule has 7 heteroatoms. The number of aryl methyl sites for hydroxylation is 1. The van der Waals surface area contributed by atoms with Crippen molar-refractivity contribution in [2.75, 3.05) is 44.7 Å². The normalized spacial score (nSPS) is 19.7. The summed E-state index contributed by atoms with van der Waals surface area (Å²) in [7, 11) is 0. The van der Waals surface area contributed by atoms with Gasteiger partial charge < -0.3 is 23.9 Å². The molecule has 3 aromatic rings. The largest absolute Gasteiger partial charge is 0.454 e. The third-order valence-electron chi connectivity index (χ3n) is 7.33. The molecule has 33 heavy (non-hydrogen) atoms. The lowest BCUT2D eigenvalue weighted by molar-refractivity contribution is 0.0309. The number of likely N-dealkylation sites (tertiary alicyclic amines) is 1. The first kappa shape index (κ1) is 20.6. The van der Waals surface area contributed by atoms with Crippen LogP contribution in [-0.2, 0) is 16.8 Å². The minimum atomic E-state index is -0.158. The van der Waals surface area contributed by atoms with Gasteiger partial charge in [-0.05, 0) is 50.1 Å². The van der Waals surface area contributed by atoms with Gasteiger partial charge in [0.15, 0.2) is 5.76 Å². The number of nitrogens with zero attached hydrogens (tertiary/aromatic N) is 3. The number of para-hydroxylation sites is 2. The van der Waals surface area contributed by atoms with Crippen LogP contribution in [0.3, 0.4) is 0 Å². The molecule has 2 saturated heterocycles. The van der Waals surface area contributed by atoms with Gasteiger partial charge in [-0.25, -0.2) is 0 Å². The molecule has 1 amide bonds. The fourth-order valence-corrected chi connectivity index (χ4v) is 5.53. The number of carbonyl (C=O) groups excluding carboxylic acids is 1. The molecule has 5 heterocycles. The van der Waals surface area contributed by atoms with Gasteiger partial charge in [-0.2, -0.15) is 0 Å². The van der Waals surface area contributed by atoms with E-state index in [1.54, 1.807) is 0 Å². The average molecular weight is 447 g/mol. The molecule has 0 aliphatic carbocycles. The summed E-state index contributed by atoms with van der Waals surface area (Å²) in [5.74, 6) is 1.34. The highest BCUT2D eigenvalue weighted by molar-refractivity contribution is 5.93. The lowest BCUT2D eigenvalue weighted by Gasteiger charge is -2.46. The summed E-state index contributed by atoms with van der Waals surface area (Å²) in [5, 5.41) is 3.82. The van der Waals surface area contributed by atoms with Gasteiger partial charge in [-0.3, -0.25) is 9.69 Å². The van der Waals surface area contributed by atoms with Crippen LogP contribution in [0.2, 0.25) is 0 Å². The van der Waals surface area contributed by atoms with Crippen LogP contribution in [-0.4, -0.2) is 59.7 Å². The number of furan rings is 1. The van der Waals surface area contributed by atoms with Crippen LogP contribution in [0.15, 0.2) is 53.1 Å². The summed E-state index contributed by atoms with van der Waals surface area (Å²) in [4.78, 5) is 17.6. The number of nitrogens with one attached hydrogen (secondary N) is 1. The first-order chi connectivity index (χ1) is 16.1. The fourth-order valence-electron chi connectivity index (χ4n) is 5.53. The molecule has 1 aromatic carbocycles. The van der Waals surface area contributed by atoms with Crippen LogP contribution < -0.4 is 5.32 Å². The van der Waals surface area contributed by atoms with Gasteiger partial charge in [0.05, 0.1) is 36.7 Å². The van der Waals surface area contributed by atoms with Crippen molar-refractivity contribution in [1.29, 1.82) is 0 Å². The van der Waals surface area contributed by atoms with Gasteiger partial charge >= 0.3 is 0 Å². The molecule has 7 nitrogen and oxygen atoms in total. The average Bonchev–Trinajstić information content (AvgIpc) is 3.48. The predicted octanol–water partition coefficient (Wildman–Crippen LogP) is 3.77. The Kier molecular flexibility index (Phi) is 5.03. The Balaban J connectivity index is 1.17. The molecule has 0 bridgehead atoms. The van der Waals surface area contributed by atoms with Gasteiger partial charge in [0.25, 0.3) is 5.91 Å². The van der Waals surface area contributed by atoms with Crippen LogP contribution in [0, 0.1) is 6.92 Å².